The summed E-state index contributed by atoms with van der Waals surface area (Å²) in [6, 6.07) is -0.596. The van der Waals surface area contributed by atoms with Crippen LogP contribution in [0.15, 0.2) is 17.5 Å². The number of hydrogen-bond acceptors (Lipinski definition) is 5. The van der Waals surface area contributed by atoms with Gasteiger partial charge in [0.15, 0.2) is 0 Å². The van der Waals surface area contributed by atoms with Crippen molar-refractivity contribution in [2.24, 2.45) is 0 Å². The number of hydrogen-bond donors (Lipinski definition) is 3. The van der Waals surface area contributed by atoms with Crippen molar-refractivity contribution in [3.63, 3.8) is 0 Å². The third-order valence-electron chi connectivity index (χ3n) is 3.59. The predicted molar refractivity (Wildman–Crippen MR) is 86.1 cm³/mol. The molecule has 3 amide bonds. The minimum absolute atomic E-state index is 0.183. The highest BCUT2D eigenvalue weighted by molar-refractivity contribution is 7.16. The summed E-state index contributed by atoms with van der Waals surface area (Å²) in [6.45, 7) is 5.92. The van der Waals surface area contributed by atoms with Crippen molar-refractivity contribution < 1.29 is 9.59 Å². The lowest BCUT2D eigenvalue weighted by atomic mass is 10.0. The molecule has 8 nitrogen and oxygen atoms in total. The summed E-state index contributed by atoms with van der Waals surface area (Å²) in [6.07, 6.45) is 2.50. The Morgan fingerprint density at radius 2 is 2.26 bits per heavy atom. The second kappa shape index (κ2) is 5.99. The minimum atomic E-state index is -0.311. The highest BCUT2D eigenvalue weighted by Gasteiger charge is 2.26. The summed E-state index contributed by atoms with van der Waals surface area (Å²) in [5, 5.41) is 13.4. The second-order valence-electron chi connectivity index (χ2n) is 5.45. The van der Waals surface area contributed by atoms with Gasteiger partial charge in [-0.1, -0.05) is 11.3 Å². The van der Waals surface area contributed by atoms with Crippen molar-refractivity contribution in [3.05, 3.63) is 28.2 Å². The first-order valence-electron chi connectivity index (χ1n) is 7.32. The van der Waals surface area contributed by atoms with Crippen LogP contribution < -0.4 is 16.0 Å². The lowest BCUT2D eigenvalue weighted by Gasteiger charge is -2.25. The van der Waals surface area contributed by atoms with E-state index < -0.39 is 0 Å². The Bertz CT molecular complexity index is 774. The van der Waals surface area contributed by atoms with Crippen molar-refractivity contribution in [2.75, 3.05) is 6.54 Å². The second-order valence-corrected chi connectivity index (χ2v) is 6.61. The normalized spacial score (nSPS) is 18.0. The van der Waals surface area contributed by atoms with Gasteiger partial charge in [0.1, 0.15) is 5.01 Å². The maximum atomic E-state index is 12.3. The van der Waals surface area contributed by atoms with Crippen LogP contribution in [-0.2, 0) is 11.2 Å². The molecule has 0 aromatic carbocycles. The van der Waals surface area contributed by atoms with E-state index in [1.165, 1.54) is 11.3 Å². The summed E-state index contributed by atoms with van der Waals surface area (Å²) >= 11 is 1.53. The third kappa shape index (κ3) is 3.19. The number of rotatable bonds is 4. The van der Waals surface area contributed by atoms with Gasteiger partial charge in [0.05, 0.1) is 23.5 Å². The molecule has 23 heavy (non-hydrogen) atoms. The van der Waals surface area contributed by atoms with E-state index in [-0.39, 0.29) is 18.0 Å². The number of imidazole rings is 1. The van der Waals surface area contributed by atoms with Crippen LogP contribution in [0, 0.1) is 6.92 Å². The van der Waals surface area contributed by atoms with Gasteiger partial charge in [-0.05, 0) is 20.8 Å². The smallest absolute Gasteiger partial charge is 0.319 e. The van der Waals surface area contributed by atoms with E-state index in [4.69, 9.17) is 0 Å². The number of carbonyl (C=O) groups is 2. The monoisotopic (exact) mass is 334 g/mol. The quantitative estimate of drug-likeness (QED) is 0.767. The van der Waals surface area contributed by atoms with Crippen LogP contribution in [0.1, 0.15) is 24.5 Å². The lowest BCUT2D eigenvalue weighted by Crippen LogP contribution is -2.50. The first kappa shape index (κ1) is 15.5. The van der Waals surface area contributed by atoms with E-state index in [0.717, 1.165) is 15.7 Å². The number of urea groups is 1. The molecule has 2 aromatic rings. The van der Waals surface area contributed by atoms with E-state index >= 15 is 0 Å². The SMILES string of the molecule is CC1=C(C(=O)NCCc2cn3nc(C)sc3n2)[C@@H](C)NC(=O)N1. The molecule has 0 bridgehead atoms. The van der Waals surface area contributed by atoms with Gasteiger partial charge in [0, 0.05) is 18.7 Å². The van der Waals surface area contributed by atoms with Crippen LogP contribution in [0.5, 0.6) is 0 Å². The molecular formula is C14H18N6O2S. The molecule has 9 heteroatoms. The molecule has 0 aliphatic carbocycles. The molecule has 0 saturated heterocycles. The van der Waals surface area contributed by atoms with Gasteiger partial charge < -0.3 is 16.0 Å². The molecule has 1 aliphatic rings. The first-order chi connectivity index (χ1) is 10.9. The number of nitrogens with zero attached hydrogens (tertiary/aromatic N) is 3. The van der Waals surface area contributed by atoms with Crippen molar-refractivity contribution in [3.8, 4) is 0 Å². The molecule has 1 aliphatic heterocycles. The van der Waals surface area contributed by atoms with Gasteiger partial charge in [0.25, 0.3) is 5.91 Å². The van der Waals surface area contributed by atoms with Crippen LogP contribution in [0.4, 0.5) is 4.79 Å². The topological polar surface area (TPSA) is 100 Å². The zero-order valence-corrected chi connectivity index (χ0v) is 14.0. The maximum absolute atomic E-state index is 12.3. The van der Waals surface area contributed by atoms with E-state index in [0.29, 0.717) is 24.2 Å². The fourth-order valence-electron chi connectivity index (χ4n) is 2.60. The van der Waals surface area contributed by atoms with Gasteiger partial charge in [0.2, 0.25) is 4.96 Å². The average Bonchev–Trinajstić information content (AvgIpc) is 2.94. The first-order valence-corrected chi connectivity index (χ1v) is 8.14. The van der Waals surface area contributed by atoms with Gasteiger partial charge >= 0.3 is 6.03 Å². The molecule has 0 spiro atoms. The predicted octanol–water partition coefficient (Wildman–Crippen LogP) is 0.733. The fraction of sp³-hybridized carbons (Fsp3) is 0.429. The van der Waals surface area contributed by atoms with Crippen LogP contribution >= 0.6 is 11.3 Å². The molecule has 3 N–H and O–H groups in total. The van der Waals surface area contributed by atoms with Gasteiger partial charge in [-0.25, -0.2) is 14.3 Å². The highest BCUT2D eigenvalue weighted by atomic mass is 32.1. The Balaban J connectivity index is 1.59. The number of amides is 3. The standard InChI is InChI=1S/C14H18N6O2S/c1-7-11(8(2)17-13(22)16-7)12(21)15-5-4-10-6-20-14(18-10)23-9(3)19-20/h6-7H,4-5H2,1-3H3,(H,15,21)(H2,16,17,22)/t7-/m1/s1. The average molecular weight is 334 g/mol. The number of nitrogens with one attached hydrogen (secondary N) is 3. The Kier molecular flexibility index (Phi) is 4.03. The maximum Gasteiger partial charge on any atom is 0.319 e. The Morgan fingerprint density at radius 1 is 1.48 bits per heavy atom. The summed E-state index contributed by atoms with van der Waals surface area (Å²) in [5.41, 5.74) is 2.02. The van der Waals surface area contributed by atoms with E-state index in [1.807, 2.05) is 13.1 Å². The summed E-state index contributed by atoms with van der Waals surface area (Å²) < 4.78 is 1.76. The van der Waals surface area contributed by atoms with Crippen LogP contribution in [0.2, 0.25) is 0 Å². The number of aromatic nitrogens is 3. The number of carbonyl (C=O) groups excluding carboxylic acids is 2. The van der Waals surface area contributed by atoms with E-state index in [1.54, 1.807) is 18.4 Å². The molecule has 0 radical (unpaired) electrons. The van der Waals surface area contributed by atoms with Crippen LogP contribution in [0.25, 0.3) is 4.96 Å². The van der Waals surface area contributed by atoms with Gasteiger partial charge in [-0.15, -0.1) is 0 Å². The molecule has 0 saturated carbocycles. The zero-order chi connectivity index (χ0) is 16.6. The molecule has 0 fully saturated rings. The van der Waals surface area contributed by atoms with Gasteiger partial charge in [-0.2, -0.15) is 5.10 Å². The number of fused-ring (bicyclic) bond motifs is 1. The van der Waals surface area contributed by atoms with Crippen LogP contribution in [-0.4, -0.2) is 39.1 Å². The molecular weight excluding hydrogens is 316 g/mol. The highest BCUT2D eigenvalue weighted by Crippen LogP contribution is 2.14. The van der Waals surface area contributed by atoms with Gasteiger partial charge in [-0.3, -0.25) is 4.79 Å². The minimum Gasteiger partial charge on any atom is -0.352 e. The summed E-state index contributed by atoms with van der Waals surface area (Å²) in [4.78, 5) is 28.9. The lowest BCUT2D eigenvalue weighted by molar-refractivity contribution is -0.117. The van der Waals surface area contributed by atoms with Crippen molar-refractivity contribution in [1.29, 1.82) is 0 Å². The number of allylic oxidation sites excluding steroid dienone is 1. The van der Waals surface area contributed by atoms with Crippen molar-refractivity contribution >= 4 is 28.2 Å². The summed E-state index contributed by atoms with van der Waals surface area (Å²) in [7, 11) is 0. The fourth-order valence-corrected chi connectivity index (χ4v) is 3.34. The van der Waals surface area contributed by atoms with E-state index in [9.17, 15) is 9.59 Å². The molecule has 122 valence electrons. The Labute approximate surface area is 137 Å². The largest absolute Gasteiger partial charge is 0.352 e. The zero-order valence-electron chi connectivity index (χ0n) is 13.1. The number of aryl methyl sites for hydroxylation is 1. The van der Waals surface area contributed by atoms with Crippen molar-refractivity contribution in [2.45, 2.75) is 33.2 Å². The summed E-state index contributed by atoms with van der Waals surface area (Å²) in [5.74, 6) is -0.183. The molecule has 2 aromatic heterocycles. The van der Waals surface area contributed by atoms with Crippen LogP contribution in [0.3, 0.4) is 0 Å². The Morgan fingerprint density at radius 3 is 2.96 bits per heavy atom. The molecule has 3 heterocycles. The van der Waals surface area contributed by atoms with Crippen molar-refractivity contribution in [1.82, 2.24) is 30.5 Å². The molecule has 0 unspecified atom stereocenters. The molecule has 1 atom stereocenters. The van der Waals surface area contributed by atoms with E-state index in [2.05, 4.69) is 26.0 Å². The third-order valence-corrected chi connectivity index (χ3v) is 4.43. The Hall–Kier alpha value is -2.42. The molecule has 3 rings (SSSR count).